The van der Waals surface area contributed by atoms with Crippen molar-refractivity contribution < 1.29 is 9.47 Å². The zero-order valence-corrected chi connectivity index (χ0v) is 12.5. The smallest absolute Gasteiger partial charge is 0.181 e. The molecule has 1 aliphatic carbocycles. The number of nitrogens with two attached hydrogens (primary N) is 1. The molecule has 0 atom stereocenters. The number of aliphatic imine (C=N–C) groups is 1. The zero-order chi connectivity index (χ0) is 14.3. The number of nitrogens with zero attached hydrogens (tertiary/aromatic N) is 1. The topological polar surface area (TPSA) is 56.8 Å². The minimum absolute atomic E-state index is 0.248. The molecular weight excluding hydrogens is 240 g/mol. The second-order valence-electron chi connectivity index (χ2n) is 6.13. The first-order valence-electron chi connectivity index (χ1n) is 6.75. The van der Waals surface area contributed by atoms with Gasteiger partial charge in [-0.05, 0) is 51.7 Å². The van der Waals surface area contributed by atoms with Gasteiger partial charge in [0.1, 0.15) is 5.84 Å². The Bertz CT molecular complexity index is 443. The fraction of sp³-hybridized carbons (Fsp3) is 0.667. The van der Waals surface area contributed by atoms with Crippen LogP contribution in [0.3, 0.4) is 0 Å². The molecule has 4 nitrogen and oxygen atoms in total. The van der Waals surface area contributed by atoms with E-state index in [-0.39, 0.29) is 17.5 Å². The van der Waals surface area contributed by atoms with E-state index in [1.807, 2.05) is 6.08 Å². The molecule has 106 valence electrons. The third kappa shape index (κ3) is 2.60. The second kappa shape index (κ2) is 4.76. The molecule has 0 aromatic heterocycles. The SMILES string of the molecule is CN=C(N)C1=CC=C(C2OC(C)(C)C(C)(C)O2)CC1. The average molecular weight is 264 g/mol. The van der Waals surface area contributed by atoms with Crippen LogP contribution in [-0.4, -0.2) is 30.4 Å². The highest BCUT2D eigenvalue weighted by atomic mass is 16.7. The van der Waals surface area contributed by atoms with E-state index in [9.17, 15) is 0 Å². The predicted octanol–water partition coefficient (Wildman–Crippen LogP) is 2.55. The molecule has 4 heteroatoms. The lowest BCUT2D eigenvalue weighted by Gasteiger charge is -2.30. The van der Waals surface area contributed by atoms with Crippen LogP contribution in [0.15, 0.2) is 28.3 Å². The number of allylic oxidation sites excluding steroid dienone is 2. The van der Waals surface area contributed by atoms with Gasteiger partial charge in [-0.2, -0.15) is 0 Å². The van der Waals surface area contributed by atoms with E-state index in [0.717, 1.165) is 18.4 Å². The molecule has 2 rings (SSSR count). The highest BCUT2D eigenvalue weighted by molar-refractivity contribution is 5.97. The third-order valence-corrected chi connectivity index (χ3v) is 4.31. The Morgan fingerprint density at radius 2 is 1.74 bits per heavy atom. The Balaban J connectivity index is 2.15. The van der Waals surface area contributed by atoms with E-state index in [4.69, 9.17) is 15.2 Å². The first-order chi connectivity index (χ1) is 8.77. The Hall–Kier alpha value is -1.13. The maximum Gasteiger partial charge on any atom is 0.181 e. The fourth-order valence-electron chi connectivity index (χ4n) is 2.20. The van der Waals surface area contributed by atoms with Crippen LogP contribution in [0.4, 0.5) is 0 Å². The minimum Gasteiger partial charge on any atom is -0.384 e. The van der Waals surface area contributed by atoms with Crippen molar-refractivity contribution in [2.24, 2.45) is 10.7 Å². The zero-order valence-electron chi connectivity index (χ0n) is 12.5. The molecule has 19 heavy (non-hydrogen) atoms. The van der Waals surface area contributed by atoms with Crippen LogP contribution in [-0.2, 0) is 9.47 Å². The molecule has 2 aliphatic rings. The number of amidine groups is 1. The lowest BCUT2D eigenvalue weighted by atomic mass is 9.90. The van der Waals surface area contributed by atoms with E-state index >= 15 is 0 Å². The molecule has 0 radical (unpaired) electrons. The third-order valence-electron chi connectivity index (χ3n) is 4.31. The highest BCUT2D eigenvalue weighted by Crippen LogP contribution is 2.41. The van der Waals surface area contributed by atoms with Gasteiger partial charge in [-0.25, -0.2) is 0 Å². The van der Waals surface area contributed by atoms with Crippen LogP contribution in [0.2, 0.25) is 0 Å². The summed E-state index contributed by atoms with van der Waals surface area (Å²) in [4.78, 5) is 4.02. The number of rotatable bonds is 2. The second-order valence-corrected chi connectivity index (χ2v) is 6.13. The lowest BCUT2D eigenvalue weighted by molar-refractivity contribution is -0.0608. The van der Waals surface area contributed by atoms with Crippen LogP contribution in [0.5, 0.6) is 0 Å². The van der Waals surface area contributed by atoms with Gasteiger partial charge in [-0.1, -0.05) is 12.2 Å². The molecule has 1 aliphatic heterocycles. The molecule has 0 saturated carbocycles. The molecule has 0 bridgehead atoms. The summed E-state index contributed by atoms with van der Waals surface area (Å²) in [5.41, 5.74) is 7.51. The summed E-state index contributed by atoms with van der Waals surface area (Å²) in [7, 11) is 1.71. The predicted molar refractivity (Wildman–Crippen MR) is 77.1 cm³/mol. The summed E-state index contributed by atoms with van der Waals surface area (Å²) in [5, 5.41) is 0. The molecule has 2 N–H and O–H groups in total. The van der Waals surface area contributed by atoms with Gasteiger partial charge in [0.05, 0.1) is 11.2 Å². The average Bonchev–Trinajstić information content (AvgIpc) is 2.58. The summed E-state index contributed by atoms with van der Waals surface area (Å²) >= 11 is 0. The maximum absolute atomic E-state index is 6.04. The van der Waals surface area contributed by atoms with E-state index < -0.39 is 0 Å². The summed E-state index contributed by atoms with van der Waals surface area (Å²) in [6.45, 7) is 8.28. The molecular formula is C15H24N2O2. The molecule has 0 amide bonds. The Morgan fingerprint density at radius 3 is 2.16 bits per heavy atom. The van der Waals surface area contributed by atoms with Crippen molar-refractivity contribution in [3.63, 3.8) is 0 Å². The van der Waals surface area contributed by atoms with Crippen molar-refractivity contribution in [3.05, 3.63) is 23.3 Å². The maximum atomic E-state index is 6.04. The number of hydrogen-bond donors (Lipinski definition) is 1. The van der Waals surface area contributed by atoms with Gasteiger partial charge in [0.25, 0.3) is 0 Å². The summed E-state index contributed by atoms with van der Waals surface area (Å²) in [6.07, 6.45) is 5.62. The first-order valence-corrected chi connectivity index (χ1v) is 6.75. The highest BCUT2D eigenvalue weighted by Gasteiger charge is 2.49. The molecule has 0 aromatic rings. The van der Waals surface area contributed by atoms with Crippen LogP contribution in [0.25, 0.3) is 0 Å². The number of ether oxygens (including phenoxy) is 2. The van der Waals surface area contributed by atoms with Gasteiger partial charge in [-0.3, -0.25) is 4.99 Å². The van der Waals surface area contributed by atoms with Gasteiger partial charge < -0.3 is 15.2 Å². The van der Waals surface area contributed by atoms with Crippen LogP contribution < -0.4 is 5.73 Å². The lowest BCUT2D eigenvalue weighted by Crippen LogP contribution is -2.41. The van der Waals surface area contributed by atoms with E-state index in [2.05, 4.69) is 38.8 Å². The Kier molecular flexibility index (Phi) is 3.58. The van der Waals surface area contributed by atoms with Crippen LogP contribution in [0.1, 0.15) is 40.5 Å². The first kappa shape index (κ1) is 14.3. The monoisotopic (exact) mass is 264 g/mol. The van der Waals surface area contributed by atoms with Crippen molar-refractivity contribution >= 4 is 5.84 Å². The standard InChI is InChI=1S/C15H24N2O2/c1-14(2)15(3,4)19-13(18-14)11-8-6-10(7-9-11)12(16)17-5/h6,8,13H,7,9H2,1-5H3,(H2,16,17). The minimum atomic E-state index is -0.285. The van der Waals surface area contributed by atoms with Crippen molar-refractivity contribution in [2.45, 2.75) is 58.0 Å². The molecule has 1 fully saturated rings. The quantitative estimate of drug-likeness (QED) is 0.616. The van der Waals surface area contributed by atoms with Crippen LogP contribution in [0, 0.1) is 0 Å². The van der Waals surface area contributed by atoms with Gasteiger partial charge in [0.2, 0.25) is 0 Å². The summed E-state index contributed by atoms with van der Waals surface area (Å²) in [6, 6.07) is 0. The Labute approximate surface area is 115 Å². The molecule has 0 spiro atoms. The van der Waals surface area contributed by atoms with Crippen molar-refractivity contribution in [2.75, 3.05) is 7.05 Å². The molecule has 0 unspecified atom stereocenters. The Morgan fingerprint density at radius 1 is 1.16 bits per heavy atom. The van der Waals surface area contributed by atoms with Gasteiger partial charge in [0.15, 0.2) is 6.29 Å². The van der Waals surface area contributed by atoms with Gasteiger partial charge in [0, 0.05) is 7.05 Å². The fourth-order valence-corrected chi connectivity index (χ4v) is 2.20. The molecule has 1 saturated heterocycles. The summed E-state index contributed by atoms with van der Waals surface area (Å²) in [5.74, 6) is 0.615. The number of hydrogen-bond acceptors (Lipinski definition) is 3. The van der Waals surface area contributed by atoms with E-state index in [1.165, 1.54) is 5.57 Å². The summed E-state index contributed by atoms with van der Waals surface area (Å²) < 4.78 is 12.1. The van der Waals surface area contributed by atoms with Gasteiger partial charge in [-0.15, -0.1) is 0 Å². The van der Waals surface area contributed by atoms with E-state index in [0.29, 0.717) is 5.84 Å². The molecule has 0 aromatic carbocycles. The van der Waals surface area contributed by atoms with Crippen LogP contribution >= 0.6 is 0 Å². The largest absolute Gasteiger partial charge is 0.384 e. The molecule has 1 heterocycles. The van der Waals surface area contributed by atoms with E-state index in [1.54, 1.807) is 7.05 Å². The van der Waals surface area contributed by atoms with Crippen molar-refractivity contribution in [1.29, 1.82) is 0 Å². The van der Waals surface area contributed by atoms with Gasteiger partial charge >= 0.3 is 0 Å². The van der Waals surface area contributed by atoms with Crippen molar-refractivity contribution in [3.8, 4) is 0 Å². The van der Waals surface area contributed by atoms with Crippen molar-refractivity contribution in [1.82, 2.24) is 0 Å². The normalized spacial score (nSPS) is 27.1.